The number of carbonyl (C=O) groups is 1. The van der Waals surface area contributed by atoms with Gasteiger partial charge in [0.1, 0.15) is 5.75 Å². The number of ether oxygens (including phenoxy) is 1. The quantitative estimate of drug-likeness (QED) is 0.860. The topological polar surface area (TPSA) is 64.3 Å². The Hall–Kier alpha value is -1.85. The highest BCUT2D eigenvalue weighted by atomic mass is 32.1. The third-order valence-corrected chi connectivity index (χ3v) is 4.61. The number of hydrogen-bond donors (Lipinski definition) is 2. The van der Waals surface area contributed by atoms with Crippen molar-refractivity contribution in [1.82, 2.24) is 5.32 Å². The van der Waals surface area contributed by atoms with Crippen LogP contribution in [0.3, 0.4) is 0 Å². The van der Waals surface area contributed by atoms with E-state index in [2.05, 4.69) is 5.32 Å². The van der Waals surface area contributed by atoms with Crippen molar-refractivity contribution in [2.24, 2.45) is 11.7 Å². The summed E-state index contributed by atoms with van der Waals surface area (Å²) in [6, 6.07) is 9.81. The molecule has 0 saturated heterocycles. The lowest BCUT2D eigenvalue weighted by Crippen LogP contribution is -2.30. The summed E-state index contributed by atoms with van der Waals surface area (Å²) >= 11 is 1.51. The zero-order chi connectivity index (χ0) is 16.1. The molecular formula is C17H22N2O2S. The largest absolute Gasteiger partial charge is 0.497 e. The first-order chi connectivity index (χ1) is 10.5. The number of rotatable bonds is 6. The number of aryl methyl sites for hydroxylation is 1. The van der Waals surface area contributed by atoms with Crippen molar-refractivity contribution >= 4 is 17.2 Å². The summed E-state index contributed by atoms with van der Waals surface area (Å²) in [7, 11) is 1.65. The van der Waals surface area contributed by atoms with Crippen LogP contribution < -0.4 is 15.8 Å². The molecule has 3 N–H and O–H groups in total. The molecule has 0 saturated carbocycles. The maximum atomic E-state index is 12.2. The molecule has 1 amide bonds. The number of nitrogens with one attached hydrogen (secondary N) is 1. The normalized spacial score (nSPS) is 12.0. The number of carbonyl (C=O) groups excluding carboxylic acids is 1. The molecule has 0 aliphatic carbocycles. The summed E-state index contributed by atoms with van der Waals surface area (Å²) in [5, 5.41) is 2.93. The van der Waals surface area contributed by atoms with Crippen LogP contribution >= 0.6 is 11.3 Å². The van der Waals surface area contributed by atoms with E-state index < -0.39 is 0 Å². The van der Waals surface area contributed by atoms with Crippen molar-refractivity contribution in [3.05, 3.63) is 40.1 Å². The molecule has 1 aromatic carbocycles. The van der Waals surface area contributed by atoms with Crippen LogP contribution in [0, 0.1) is 12.8 Å². The molecule has 0 aliphatic rings. The van der Waals surface area contributed by atoms with Crippen LogP contribution in [0.5, 0.6) is 5.75 Å². The van der Waals surface area contributed by atoms with Crippen LogP contribution in [-0.4, -0.2) is 26.1 Å². The van der Waals surface area contributed by atoms with Gasteiger partial charge in [0, 0.05) is 11.4 Å². The average Bonchev–Trinajstić information content (AvgIpc) is 2.94. The smallest absolute Gasteiger partial charge is 0.261 e. The highest BCUT2D eigenvalue weighted by Crippen LogP contribution is 2.31. The summed E-state index contributed by atoms with van der Waals surface area (Å²) in [5.74, 6) is 1.07. The number of methoxy groups -OCH3 is 1. The Balaban J connectivity index is 2.14. The van der Waals surface area contributed by atoms with E-state index >= 15 is 0 Å². The first-order valence-electron chi connectivity index (χ1n) is 7.28. The predicted molar refractivity (Wildman–Crippen MR) is 91.6 cm³/mol. The highest BCUT2D eigenvalue weighted by Gasteiger charge is 2.14. The van der Waals surface area contributed by atoms with Crippen molar-refractivity contribution < 1.29 is 9.53 Å². The molecule has 22 heavy (non-hydrogen) atoms. The average molecular weight is 318 g/mol. The van der Waals surface area contributed by atoms with E-state index in [4.69, 9.17) is 10.5 Å². The van der Waals surface area contributed by atoms with Gasteiger partial charge >= 0.3 is 0 Å². The number of amides is 1. The van der Waals surface area contributed by atoms with Crippen molar-refractivity contribution in [2.75, 3.05) is 20.2 Å². The molecule has 2 aromatic rings. The van der Waals surface area contributed by atoms with Gasteiger partial charge in [-0.15, -0.1) is 11.3 Å². The van der Waals surface area contributed by atoms with Gasteiger partial charge in [0.15, 0.2) is 0 Å². The van der Waals surface area contributed by atoms with E-state index in [1.54, 1.807) is 7.11 Å². The Morgan fingerprint density at radius 2 is 2.05 bits per heavy atom. The molecule has 4 nitrogen and oxygen atoms in total. The van der Waals surface area contributed by atoms with Gasteiger partial charge in [0.05, 0.1) is 12.0 Å². The molecule has 1 heterocycles. The standard InChI is InChI=1S/C17H22N2O2S/c1-11(9-18)10-19-17(20)16-8-15(12(2)22-16)13-4-6-14(21-3)7-5-13/h4-8,11H,9-10,18H2,1-3H3,(H,19,20). The second-order valence-electron chi connectivity index (χ2n) is 5.36. The molecule has 0 radical (unpaired) electrons. The Labute approximate surface area is 135 Å². The second kappa shape index (κ2) is 7.42. The maximum absolute atomic E-state index is 12.2. The third kappa shape index (κ3) is 3.87. The van der Waals surface area contributed by atoms with Crippen molar-refractivity contribution in [3.63, 3.8) is 0 Å². The molecule has 1 atom stereocenters. The SMILES string of the molecule is COc1ccc(-c2cc(C(=O)NCC(C)CN)sc2C)cc1. The van der Waals surface area contributed by atoms with E-state index in [0.717, 1.165) is 26.6 Å². The zero-order valence-corrected chi connectivity index (χ0v) is 14.0. The fourth-order valence-corrected chi connectivity index (χ4v) is 3.05. The van der Waals surface area contributed by atoms with Crippen molar-refractivity contribution in [3.8, 4) is 16.9 Å². The highest BCUT2D eigenvalue weighted by molar-refractivity contribution is 7.14. The maximum Gasteiger partial charge on any atom is 0.261 e. The van der Waals surface area contributed by atoms with E-state index in [9.17, 15) is 4.79 Å². The summed E-state index contributed by atoms with van der Waals surface area (Å²) in [5.41, 5.74) is 7.74. The minimum absolute atomic E-state index is 0.0341. The predicted octanol–water partition coefficient (Wildman–Crippen LogP) is 3.06. The molecular weight excluding hydrogens is 296 g/mol. The Kier molecular flexibility index (Phi) is 5.57. The van der Waals surface area contributed by atoms with Crippen LogP contribution in [0.25, 0.3) is 11.1 Å². The molecule has 2 rings (SSSR count). The molecule has 1 aromatic heterocycles. The van der Waals surface area contributed by atoms with Gasteiger partial charge in [-0.2, -0.15) is 0 Å². The van der Waals surface area contributed by atoms with Crippen LogP contribution in [-0.2, 0) is 0 Å². The monoisotopic (exact) mass is 318 g/mol. The molecule has 0 fully saturated rings. The summed E-state index contributed by atoms with van der Waals surface area (Å²) < 4.78 is 5.17. The number of thiophene rings is 1. The van der Waals surface area contributed by atoms with E-state index in [0.29, 0.717) is 13.1 Å². The van der Waals surface area contributed by atoms with Gasteiger partial charge < -0.3 is 15.8 Å². The first kappa shape index (κ1) is 16.5. The lowest BCUT2D eigenvalue weighted by molar-refractivity contribution is 0.0952. The molecule has 5 heteroatoms. The summed E-state index contributed by atoms with van der Waals surface area (Å²) in [4.78, 5) is 14.1. The summed E-state index contributed by atoms with van der Waals surface area (Å²) in [6.07, 6.45) is 0. The van der Waals surface area contributed by atoms with Crippen molar-refractivity contribution in [2.45, 2.75) is 13.8 Å². The van der Waals surface area contributed by atoms with Crippen LogP contribution in [0.15, 0.2) is 30.3 Å². The summed E-state index contributed by atoms with van der Waals surface area (Å²) in [6.45, 7) is 5.22. The number of benzene rings is 1. The van der Waals surface area contributed by atoms with Crippen LogP contribution in [0.2, 0.25) is 0 Å². The van der Waals surface area contributed by atoms with Gasteiger partial charge in [0.2, 0.25) is 0 Å². The minimum Gasteiger partial charge on any atom is -0.497 e. The van der Waals surface area contributed by atoms with E-state index in [-0.39, 0.29) is 11.8 Å². The second-order valence-corrected chi connectivity index (χ2v) is 6.62. The lowest BCUT2D eigenvalue weighted by atomic mass is 10.1. The number of nitrogens with two attached hydrogens (primary N) is 1. The molecule has 0 bridgehead atoms. The first-order valence-corrected chi connectivity index (χ1v) is 8.10. The Bertz CT molecular complexity index is 635. The number of hydrogen-bond acceptors (Lipinski definition) is 4. The van der Waals surface area contributed by atoms with Crippen LogP contribution in [0.1, 0.15) is 21.5 Å². The third-order valence-electron chi connectivity index (χ3n) is 3.56. The fraction of sp³-hybridized carbons (Fsp3) is 0.353. The van der Waals surface area contributed by atoms with Gasteiger partial charge in [-0.3, -0.25) is 4.79 Å². The lowest BCUT2D eigenvalue weighted by Gasteiger charge is -2.08. The van der Waals surface area contributed by atoms with Crippen LogP contribution in [0.4, 0.5) is 0 Å². The molecule has 0 aliphatic heterocycles. The fourth-order valence-electron chi connectivity index (χ4n) is 2.09. The van der Waals surface area contributed by atoms with Gasteiger partial charge in [-0.05, 0) is 48.7 Å². The van der Waals surface area contributed by atoms with Gasteiger partial charge in [-0.1, -0.05) is 19.1 Å². The van der Waals surface area contributed by atoms with Gasteiger partial charge in [0.25, 0.3) is 5.91 Å². The molecule has 0 spiro atoms. The van der Waals surface area contributed by atoms with Crippen molar-refractivity contribution in [1.29, 1.82) is 0 Å². The van der Waals surface area contributed by atoms with Gasteiger partial charge in [-0.25, -0.2) is 0 Å². The minimum atomic E-state index is -0.0341. The molecule has 118 valence electrons. The molecule has 1 unspecified atom stereocenters. The zero-order valence-electron chi connectivity index (χ0n) is 13.2. The Morgan fingerprint density at radius 1 is 1.36 bits per heavy atom. The van der Waals surface area contributed by atoms with E-state index in [1.807, 2.05) is 44.2 Å². The Morgan fingerprint density at radius 3 is 2.64 bits per heavy atom. The van der Waals surface area contributed by atoms with E-state index in [1.165, 1.54) is 11.3 Å².